The van der Waals surface area contributed by atoms with Gasteiger partial charge >= 0.3 is 23.5 Å². The molecule has 0 aromatic carbocycles. The summed E-state index contributed by atoms with van der Waals surface area (Å²) >= 11 is 5.53. The van der Waals surface area contributed by atoms with Gasteiger partial charge in [0, 0.05) is 37.5 Å². The summed E-state index contributed by atoms with van der Waals surface area (Å²) in [5.41, 5.74) is 9.10. The van der Waals surface area contributed by atoms with Crippen molar-refractivity contribution in [2.75, 3.05) is 26.3 Å². The Bertz CT molecular complexity index is 2100. The lowest BCUT2D eigenvalue weighted by Crippen LogP contribution is -2.51. The van der Waals surface area contributed by atoms with E-state index in [1.807, 2.05) is 0 Å². The second-order valence-electron chi connectivity index (χ2n) is 29.2. The highest BCUT2D eigenvalue weighted by Gasteiger charge is 2.61. The lowest BCUT2D eigenvalue weighted by Gasteiger charge is -2.58. The first-order chi connectivity index (χ1) is 38.4. The standard InChI is InChI=1S/C35H59NO4.C30H49ClO2.C5H11NO2/c1-8-25(23(3)4)11-10-24(5)29-14-15-30-28-13-12-26-22-27(40-33(38)36-21-18-32(37)39-9-2)16-19-34(26,6)31(28)17-20-35(29,30)7;1-7-21(19(2)3)9-8-20(4)25-12-13-26-24-11-10-22-18-23(33-28(31)32)14-16-29(22,5)27(24)15-17-30(25,26)6;1-2-8-5(7)3-4-6/h12,23-25,27-31H,8-11,13-22H2,1-7H3,(H,36,38);10,19-21,23-27H,7-9,11-18H2,1-6H3;2-4,6H2,1H3/t24-,25-,27+,28+,29-,30+,31+,34+,35-;20-,21-,23+,24+,25-,26+,27+,29+,30-;/m11./s1. The molecule has 1 amide bonds. The fourth-order valence-corrected chi connectivity index (χ4v) is 20.1. The van der Waals surface area contributed by atoms with Crippen LogP contribution in [0.1, 0.15) is 251 Å². The fraction of sp³-hybridized carbons (Fsp3) is 0.886. The average Bonchev–Trinajstić information content (AvgIpc) is 3.98. The highest BCUT2D eigenvalue weighted by atomic mass is 35.5. The van der Waals surface area contributed by atoms with Gasteiger partial charge in [0.15, 0.2) is 0 Å². The average molecular weight is 1150 g/mol. The fourth-order valence-electron chi connectivity index (χ4n) is 20.0. The van der Waals surface area contributed by atoms with E-state index in [0.717, 1.165) is 121 Å². The van der Waals surface area contributed by atoms with Gasteiger partial charge < -0.3 is 30.0 Å². The van der Waals surface area contributed by atoms with Gasteiger partial charge in [-0.25, -0.2) is 9.59 Å². The summed E-state index contributed by atoms with van der Waals surface area (Å²) in [6.45, 7) is 34.9. The number of carbonyl (C=O) groups excluding carboxylic acids is 4. The Morgan fingerprint density at radius 1 is 0.580 bits per heavy atom. The van der Waals surface area contributed by atoms with E-state index in [0.29, 0.717) is 42.4 Å². The van der Waals surface area contributed by atoms with Gasteiger partial charge in [-0.05, 0) is 221 Å². The van der Waals surface area contributed by atoms with Gasteiger partial charge in [0.1, 0.15) is 12.2 Å². The van der Waals surface area contributed by atoms with Crippen molar-refractivity contribution < 1.29 is 38.1 Å². The molecular formula is C70H119ClN2O8. The summed E-state index contributed by atoms with van der Waals surface area (Å²) in [5, 5.41) is 2.73. The molecule has 0 saturated heterocycles. The van der Waals surface area contributed by atoms with Crippen LogP contribution in [0.15, 0.2) is 23.3 Å². The number of esters is 2. The van der Waals surface area contributed by atoms with Gasteiger partial charge in [0.25, 0.3) is 0 Å². The maximum absolute atomic E-state index is 12.4. The van der Waals surface area contributed by atoms with Crippen molar-refractivity contribution >= 4 is 35.1 Å². The molecule has 464 valence electrons. The van der Waals surface area contributed by atoms with Crippen molar-refractivity contribution in [2.45, 2.75) is 263 Å². The molecule has 0 aliphatic heterocycles. The van der Waals surface area contributed by atoms with E-state index in [9.17, 15) is 19.2 Å². The monoisotopic (exact) mass is 1150 g/mol. The Morgan fingerprint density at radius 3 is 1.41 bits per heavy atom. The molecule has 8 rings (SSSR count). The zero-order valence-corrected chi connectivity index (χ0v) is 54.7. The molecule has 81 heavy (non-hydrogen) atoms. The number of carbonyl (C=O) groups is 4. The Labute approximate surface area is 499 Å². The van der Waals surface area contributed by atoms with Gasteiger partial charge in [0.05, 0.1) is 26.1 Å². The molecule has 8 aliphatic carbocycles. The van der Waals surface area contributed by atoms with Gasteiger partial charge in [0.2, 0.25) is 0 Å². The minimum Gasteiger partial charge on any atom is -0.466 e. The summed E-state index contributed by atoms with van der Waals surface area (Å²) in [6.07, 6.45) is 33.1. The molecule has 18 atom stereocenters. The Morgan fingerprint density at radius 2 is 1.01 bits per heavy atom. The number of allylic oxidation sites excluding steroid dienone is 2. The zero-order valence-electron chi connectivity index (χ0n) is 53.9. The molecule has 0 radical (unpaired) electrons. The number of fused-ring (bicyclic) bond motifs is 10. The van der Waals surface area contributed by atoms with Crippen molar-refractivity contribution in [2.24, 2.45) is 110 Å². The molecule has 6 saturated carbocycles. The third-order valence-electron chi connectivity index (χ3n) is 24.6. The van der Waals surface area contributed by atoms with E-state index in [2.05, 4.69) is 105 Å². The van der Waals surface area contributed by atoms with Crippen LogP contribution in [-0.4, -0.2) is 62.0 Å². The smallest absolute Gasteiger partial charge is 0.407 e. The van der Waals surface area contributed by atoms with E-state index in [4.69, 9.17) is 31.5 Å². The van der Waals surface area contributed by atoms with E-state index in [1.165, 1.54) is 108 Å². The molecule has 6 fully saturated rings. The van der Waals surface area contributed by atoms with E-state index >= 15 is 0 Å². The van der Waals surface area contributed by atoms with Crippen molar-refractivity contribution in [1.29, 1.82) is 0 Å². The Balaban J connectivity index is 0.000000233. The number of nitrogens with one attached hydrogen (secondary N) is 1. The molecule has 0 spiro atoms. The highest BCUT2D eigenvalue weighted by Crippen LogP contribution is 2.69. The molecule has 0 bridgehead atoms. The van der Waals surface area contributed by atoms with Crippen LogP contribution in [0, 0.1) is 105 Å². The Hall–Kier alpha value is -2.59. The highest BCUT2D eigenvalue weighted by molar-refractivity contribution is 6.61. The number of amides is 1. The predicted molar refractivity (Wildman–Crippen MR) is 330 cm³/mol. The number of ether oxygens (including phenoxy) is 4. The number of hydrogen-bond donors (Lipinski definition) is 2. The van der Waals surface area contributed by atoms with Gasteiger partial charge in [-0.15, -0.1) is 0 Å². The lowest BCUT2D eigenvalue weighted by atomic mass is 9.47. The van der Waals surface area contributed by atoms with E-state index in [1.54, 1.807) is 19.4 Å². The zero-order chi connectivity index (χ0) is 59.5. The molecule has 0 aromatic rings. The topological polar surface area (TPSA) is 143 Å². The molecule has 10 nitrogen and oxygen atoms in total. The number of alkyl carbamates (subject to hydrolysis) is 1. The SMILES string of the molecule is CCOC(=O)CCN.CCOC(=O)CCNC(=O)O[C@H]1CC[C@@]2(C)C(=CC[C@H]3[C@@H]4CC[C@H]([C@H](C)CC[C@@H](CC)C(C)C)[C@@]4(C)CC[C@@H]32)C1.CC[C@H](CC[C@@H](C)[C@H]1CC[C@H]2[C@@H]3CC=C4C[C@@H](OC(=O)Cl)CC[C@]4(C)[C@H]3CC[C@]12C)C(C)C. The van der Waals surface area contributed by atoms with Crippen LogP contribution < -0.4 is 11.1 Å². The summed E-state index contributed by atoms with van der Waals surface area (Å²) in [4.78, 5) is 45.5. The van der Waals surface area contributed by atoms with Crippen LogP contribution in [0.25, 0.3) is 0 Å². The summed E-state index contributed by atoms with van der Waals surface area (Å²) in [6, 6.07) is 0. The van der Waals surface area contributed by atoms with Crippen molar-refractivity contribution in [3.8, 4) is 0 Å². The molecule has 3 N–H and O–H groups in total. The van der Waals surface area contributed by atoms with Crippen LogP contribution in [0.3, 0.4) is 0 Å². The molecule has 0 heterocycles. The minimum atomic E-state index is -0.643. The molecule has 0 aromatic heterocycles. The first kappa shape index (κ1) is 67.5. The third-order valence-corrected chi connectivity index (χ3v) is 24.7. The normalized spacial score (nSPS) is 36.0. The predicted octanol–water partition coefficient (Wildman–Crippen LogP) is 18.0. The maximum Gasteiger partial charge on any atom is 0.407 e. The Kier molecular flexibility index (Phi) is 25.1. The van der Waals surface area contributed by atoms with Gasteiger partial charge in [-0.1, -0.05) is 132 Å². The second kappa shape index (κ2) is 30.2. The quantitative estimate of drug-likeness (QED) is 0.0497. The molecule has 8 aliphatic rings. The molecule has 11 heteroatoms. The van der Waals surface area contributed by atoms with Gasteiger partial charge in [-0.3, -0.25) is 9.59 Å². The van der Waals surface area contributed by atoms with E-state index < -0.39 is 11.5 Å². The molecular weight excluding hydrogens is 1030 g/mol. The van der Waals surface area contributed by atoms with Crippen LogP contribution in [0.4, 0.5) is 9.59 Å². The lowest BCUT2D eigenvalue weighted by molar-refractivity contribution is -0.143. The second-order valence-corrected chi connectivity index (χ2v) is 29.5. The maximum atomic E-state index is 12.4. The first-order valence-corrected chi connectivity index (χ1v) is 34.0. The summed E-state index contributed by atoms with van der Waals surface area (Å²) in [7, 11) is 0. The van der Waals surface area contributed by atoms with Crippen LogP contribution in [0.5, 0.6) is 0 Å². The largest absolute Gasteiger partial charge is 0.466 e. The summed E-state index contributed by atoms with van der Waals surface area (Å²) < 4.78 is 20.7. The van der Waals surface area contributed by atoms with Crippen LogP contribution >= 0.6 is 11.6 Å². The van der Waals surface area contributed by atoms with Crippen molar-refractivity contribution in [3.05, 3.63) is 23.3 Å². The third kappa shape index (κ3) is 15.9. The van der Waals surface area contributed by atoms with Crippen LogP contribution in [-0.2, 0) is 28.5 Å². The number of halogens is 1. The number of nitrogens with two attached hydrogens (primary N) is 1. The number of hydrogen-bond acceptors (Lipinski definition) is 9. The summed E-state index contributed by atoms with van der Waals surface area (Å²) in [5.74, 6) is 11.4. The van der Waals surface area contributed by atoms with Gasteiger partial charge in [-0.2, -0.15) is 0 Å². The van der Waals surface area contributed by atoms with Crippen LogP contribution in [0.2, 0.25) is 0 Å². The number of rotatable bonds is 21. The first-order valence-electron chi connectivity index (χ1n) is 33.6. The minimum absolute atomic E-state index is 0.0192. The van der Waals surface area contributed by atoms with Crippen molar-refractivity contribution in [1.82, 2.24) is 5.32 Å². The van der Waals surface area contributed by atoms with E-state index in [-0.39, 0.29) is 42.5 Å². The molecule has 0 unspecified atom stereocenters. The van der Waals surface area contributed by atoms with Crippen molar-refractivity contribution in [3.63, 3.8) is 0 Å².